The lowest BCUT2D eigenvalue weighted by Crippen LogP contribution is -2.44. The molecule has 1 atom stereocenters. The number of aryl methyl sites for hydroxylation is 1. The molecule has 3 N–H and O–H groups in total. The molecule has 3 aromatic heterocycles. The van der Waals surface area contributed by atoms with Crippen molar-refractivity contribution in [2.45, 2.75) is 86.3 Å². The van der Waals surface area contributed by atoms with E-state index < -0.39 is 38.9 Å². The number of sulfonamides is 1. The lowest BCUT2D eigenvalue weighted by atomic mass is 10.0. The molecule has 4 aromatic rings. The van der Waals surface area contributed by atoms with Gasteiger partial charge in [-0.15, -0.1) is 0 Å². The van der Waals surface area contributed by atoms with Gasteiger partial charge in [0.15, 0.2) is 5.82 Å². The van der Waals surface area contributed by atoms with E-state index in [-0.39, 0.29) is 47.2 Å². The number of aromatic nitrogens is 6. The van der Waals surface area contributed by atoms with Crippen LogP contribution in [0.2, 0.25) is 0 Å². The van der Waals surface area contributed by atoms with Gasteiger partial charge in [0.05, 0.1) is 29.4 Å². The molecule has 18 nitrogen and oxygen atoms in total. The Balaban J connectivity index is 0.764. The van der Waals surface area contributed by atoms with Crippen molar-refractivity contribution in [1.82, 2.24) is 43.4 Å². The Labute approximate surface area is 327 Å². The SMILES string of the molecule is CN(CCn1cc(S(=O)(=O)N2CCC(Nc3ncc4c(n3)NC(=O)C43CC3)CC2)cn1)C1CCN(c2ccc3c(c2F)n(C)c(=O)n3C2CCC(=O)NC2=O)CC1. The van der Waals surface area contributed by atoms with Gasteiger partial charge in [-0.1, -0.05) is 0 Å². The normalized spacial score (nSPS) is 21.7. The van der Waals surface area contributed by atoms with Gasteiger partial charge in [0, 0.05) is 76.2 Å². The van der Waals surface area contributed by atoms with Crippen LogP contribution in [0.3, 0.4) is 0 Å². The van der Waals surface area contributed by atoms with Gasteiger partial charge in [0.2, 0.25) is 33.7 Å². The number of piperidine rings is 3. The number of imide groups is 1. The second-order valence-corrected chi connectivity index (χ2v) is 17.8. The molecule has 3 amide bonds. The summed E-state index contributed by atoms with van der Waals surface area (Å²) >= 11 is 0. The molecular formula is C37H45FN12O6S. The van der Waals surface area contributed by atoms with Gasteiger partial charge < -0.3 is 20.4 Å². The highest BCUT2D eigenvalue weighted by Crippen LogP contribution is 2.54. The van der Waals surface area contributed by atoms with Gasteiger partial charge in [0.25, 0.3) is 0 Å². The Bertz CT molecular complexity index is 2460. The number of hydrogen-bond donors (Lipinski definition) is 3. The van der Waals surface area contributed by atoms with Crippen LogP contribution in [0.15, 0.2) is 40.4 Å². The number of anilines is 3. The van der Waals surface area contributed by atoms with Crippen LogP contribution in [0.25, 0.3) is 11.0 Å². The standard InChI is InChI=1S/C37H45FN12O6S/c1-45(23-9-13-47(14-10-23)26-3-4-27-31(30(26)38)46(2)36(54)50(27)28-5-6-29(51)42-33(28)52)17-18-48-21-24(19-40-48)57(55,56)49-15-7-22(8-16-49)41-35-39-20-25-32(44-35)43-34(53)37(25)11-12-37/h3-4,19-23,28H,5-18H2,1-2H3,(H,42,51,52)(H2,39,41,43,44,53). The van der Waals surface area contributed by atoms with Crippen molar-refractivity contribution in [3.05, 3.63) is 52.6 Å². The van der Waals surface area contributed by atoms with Gasteiger partial charge in [-0.3, -0.25) is 33.5 Å². The van der Waals surface area contributed by atoms with E-state index in [1.165, 1.54) is 26.7 Å². The zero-order valence-electron chi connectivity index (χ0n) is 31.8. The summed E-state index contributed by atoms with van der Waals surface area (Å²) in [4.78, 5) is 63.1. The van der Waals surface area contributed by atoms with Crippen molar-refractivity contribution < 1.29 is 27.2 Å². The molecule has 1 saturated carbocycles. The molecule has 3 saturated heterocycles. The number of halogens is 1. The third kappa shape index (κ3) is 6.46. The first-order valence-electron chi connectivity index (χ1n) is 19.5. The summed E-state index contributed by atoms with van der Waals surface area (Å²) in [7, 11) is -0.231. The molecule has 4 aliphatic heterocycles. The van der Waals surface area contributed by atoms with Gasteiger partial charge in [-0.05, 0) is 64.1 Å². The number of imidazole rings is 1. The monoisotopic (exact) mass is 804 g/mol. The van der Waals surface area contributed by atoms with Crippen molar-refractivity contribution in [3.8, 4) is 0 Å². The number of nitrogens with zero attached hydrogens (tertiary/aromatic N) is 9. The molecular weight excluding hydrogens is 760 g/mol. The molecule has 4 fully saturated rings. The maximum Gasteiger partial charge on any atom is 0.329 e. The van der Waals surface area contributed by atoms with Crippen LogP contribution in [0, 0.1) is 5.82 Å². The fourth-order valence-electron chi connectivity index (χ4n) is 8.92. The molecule has 57 heavy (non-hydrogen) atoms. The number of likely N-dealkylation sites (N-methyl/N-ethyl adjacent to an activating group) is 1. The fourth-order valence-corrected chi connectivity index (χ4v) is 10.3. The molecule has 0 radical (unpaired) electrons. The Hall–Kier alpha value is -5.21. The van der Waals surface area contributed by atoms with Gasteiger partial charge in [0.1, 0.15) is 22.3 Å². The Morgan fingerprint density at radius 3 is 2.47 bits per heavy atom. The van der Waals surface area contributed by atoms with Gasteiger partial charge >= 0.3 is 5.69 Å². The van der Waals surface area contributed by atoms with Crippen LogP contribution in [0.4, 0.5) is 21.8 Å². The summed E-state index contributed by atoms with van der Waals surface area (Å²) in [5.74, 6) is -0.513. The van der Waals surface area contributed by atoms with E-state index in [2.05, 4.69) is 35.9 Å². The minimum absolute atomic E-state index is 0.00996. The summed E-state index contributed by atoms with van der Waals surface area (Å²) < 4.78 is 48.9. The highest BCUT2D eigenvalue weighted by molar-refractivity contribution is 7.89. The van der Waals surface area contributed by atoms with E-state index >= 15 is 4.39 Å². The molecule has 20 heteroatoms. The quantitative estimate of drug-likeness (QED) is 0.194. The maximum absolute atomic E-state index is 16.1. The number of benzene rings is 1. The third-order valence-electron chi connectivity index (χ3n) is 12.5. The summed E-state index contributed by atoms with van der Waals surface area (Å²) in [5, 5.41) is 12.8. The molecule has 1 unspecified atom stereocenters. The van der Waals surface area contributed by atoms with Crippen LogP contribution in [0.1, 0.15) is 63.0 Å². The average molecular weight is 805 g/mol. The van der Waals surface area contributed by atoms with E-state index in [9.17, 15) is 27.6 Å². The molecule has 9 rings (SSSR count). The summed E-state index contributed by atoms with van der Waals surface area (Å²) in [6, 6.07) is 2.65. The van der Waals surface area contributed by atoms with Crippen molar-refractivity contribution in [3.63, 3.8) is 0 Å². The predicted octanol–water partition coefficient (Wildman–Crippen LogP) is 1.29. The molecule has 5 aliphatic rings. The van der Waals surface area contributed by atoms with E-state index in [1.54, 1.807) is 29.2 Å². The predicted molar refractivity (Wildman–Crippen MR) is 206 cm³/mol. The largest absolute Gasteiger partial charge is 0.369 e. The van der Waals surface area contributed by atoms with E-state index in [4.69, 9.17) is 0 Å². The third-order valence-corrected chi connectivity index (χ3v) is 14.4. The van der Waals surface area contributed by atoms with E-state index in [0.717, 1.165) is 31.2 Å². The lowest BCUT2D eigenvalue weighted by molar-refractivity contribution is -0.135. The highest BCUT2D eigenvalue weighted by Gasteiger charge is 2.57. The topological polar surface area (TPSA) is 202 Å². The highest BCUT2D eigenvalue weighted by atomic mass is 32.2. The number of carbonyl (C=O) groups is 3. The van der Waals surface area contributed by atoms with Crippen LogP contribution in [-0.2, 0) is 43.4 Å². The molecule has 0 bridgehead atoms. The number of amides is 3. The van der Waals surface area contributed by atoms with Crippen LogP contribution in [-0.4, -0.2) is 116 Å². The Morgan fingerprint density at radius 1 is 1.00 bits per heavy atom. The molecule has 1 aliphatic carbocycles. The number of nitrogens with one attached hydrogen (secondary N) is 3. The average Bonchev–Trinajstić information content (AvgIpc) is 3.67. The molecule has 302 valence electrons. The van der Waals surface area contributed by atoms with Crippen LogP contribution >= 0.6 is 0 Å². The second-order valence-electron chi connectivity index (χ2n) is 15.9. The van der Waals surface area contributed by atoms with Crippen molar-refractivity contribution >= 4 is 56.2 Å². The summed E-state index contributed by atoms with van der Waals surface area (Å²) in [5.41, 5.74) is 0.719. The zero-order chi connectivity index (χ0) is 39.8. The zero-order valence-corrected chi connectivity index (χ0v) is 32.6. The van der Waals surface area contributed by atoms with Crippen LogP contribution in [0.5, 0.6) is 0 Å². The lowest BCUT2D eigenvalue weighted by Gasteiger charge is -2.38. The number of carbonyl (C=O) groups excluding carboxylic acids is 3. The fraction of sp³-hybridized carbons (Fsp3) is 0.541. The first kappa shape index (κ1) is 37.4. The van der Waals surface area contributed by atoms with E-state index in [0.29, 0.717) is 75.1 Å². The second kappa shape index (κ2) is 14.0. The Morgan fingerprint density at radius 2 is 1.75 bits per heavy atom. The number of fused-ring (bicyclic) bond motifs is 3. The van der Waals surface area contributed by atoms with Crippen molar-refractivity contribution in [2.75, 3.05) is 55.3 Å². The minimum Gasteiger partial charge on any atom is -0.369 e. The summed E-state index contributed by atoms with van der Waals surface area (Å²) in [6.45, 7) is 2.98. The molecule has 7 heterocycles. The molecule has 1 aromatic carbocycles. The van der Waals surface area contributed by atoms with Gasteiger partial charge in [-0.25, -0.2) is 22.6 Å². The summed E-state index contributed by atoms with van der Waals surface area (Å²) in [6.07, 6.45) is 9.30. The van der Waals surface area contributed by atoms with Crippen molar-refractivity contribution in [1.29, 1.82) is 0 Å². The number of rotatable bonds is 10. The van der Waals surface area contributed by atoms with E-state index in [1.807, 2.05) is 11.9 Å². The van der Waals surface area contributed by atoms with Crippen LogP contribution < -0.4 is 26.5 Å². The minimum atomic E-state index is -3.74. The first-order valence-corrected chi connectivity index (χ1v) is 20.9. The first-order chi connectivity index (χ1) is 27.3. The number of hydrogen-bond acceptors (Lipinski definition) is 12. The smallest absolute Gasteiger partial charge is 0.329 e. The molecule has 1 spiro atoms. The Kier molecular flexibility index (Phi) is 9.19. The van der Waals surface area contributed by atoms with Gasteiger partial charge in [-0.2, -0.15) is 14.4 Å². The van der Waals surface area contributed by atoms with Crippen molar-refractivity contribution in [2.24, 2.45) is 7.05 Å². The maximum atomic E-state index is 16.1.